The Morgan fingerprint density at radius 1 is 1.00 bits per heavy atom. The normalized spacial score (nSPS) is 11.6. The summed E-state index contributed by atoms with van der Waals surface area (Å²) < 4.78 is 8.94. The molecule has 0 radical (unpaired) electrons. The summed E-state index contributed by atoms with van der Waals surface area (Å²) in [4.78, 5) is 13.3. The number of benzene rings is 2. The molecule has 156 valence electrons. The largest absolute Gasteiger partial charge is 0.361 e. The minimum absolute atomic E-state index is 0.0710. The third kappa shape index (κ3) is 3.42. The third-order valence-electron chi connectivity index (χ3n) is 5.47. The molecule has 0 aliphatic heterocycles. The molecule has 0 spiro atoms. The van der Waals surface area contributed by atoms with Crippen LogP contribution in [-0.4, -0.2) is 24.3 Å². The van der Waals surface area contributed by atoms with Gasteiger partial charge in [0.15, 0.2) is 5.16 Å². The van der Waals surface area contributed by atoms with Crippen molar-refractivity contribution in [1.82, 2.24) is 24.3 Å². The van der Waals surface area contributed by atoms with Gasteiger partial charge in [0.1, 0.15) is 5.76 Å². The van der Waals surface area contributed by atoms with Gasteiger partial charge in [0.2, 0.25) is 5.78 Å². The van der Waals surface area contributed by atoms with Crippen molar-refractivity contribution < 1.29 is 4.52 Å². The van der Waals surface area contributed by atoms with E-state index in [9.17, 15) is 4.79 Å². The van der Waals surface area contributed by atoms with Crippen LogP contribution in [0.4, 0.5) is 0 Å². The number of thioether (sulfide) groups is 1. The molecule has 7 nitrogen and oxygen atoms in total. The smallest absolute Gasteiger partial charge is 0.263 e. The van der Waals surface area contributed by atoms with Crippen molar-refractivity contribution >= 4 is 28.4 Å². The first-order chi connectivity index (χ1) is 15.0. The van der Waals surface area contributed by atoms with Crippen LogP contribution in [0.1, 0.15) is 28.1 Å². The van der Waals surface area contributed by atoms with E-state index in [1.54, 1.807) is 16.3 Å². The number of fused-ring (bicyclic) bond motifs is 3. The van der Waals surface area contributed by atoms with Crippen molar-refractivity contribution in [2.24, 2.45) is 0 Å². The Kier molecular flexibility index (Phi) is 4.86. The van der Waals surface area contributed by atoms with Gasteiger partial charge in [-0.3, -0.25) is 13.8 Å². The Balaban J connectivity index is 1.64. The van der Waals surface area contributed by atoms with E-state index < -0.39 is 0 Å². The molecule has 31 heavy (non-hydrogen) atoms. The van der Waals surface area contributed by atoms with Gasteiger partial charge in [-0.05, 0) is 38.5 Å². The van der Waals surface area contributed by atoms with Gasteiger partial charge in [-0.1, -0.05) is 58.9 Å². The topological polar surface area (TPSA) is 78.2 Å². The molecule has 0 saturated heterocycles. The number of aromatic nitrogens is 5. The minimum Gasteiger partial charge on any atom is -0.361 e. The first-order valence-electron chi connectivity index (χ1n) is 9.99. The van der Waals surface area contributed by atoms with Gasteiger partial charge >= 0.3 is 0 Å². The van der Waals surface area contributed by atoms with E-state index in [1.807, 2.05) is 73.7 Å². The first kappa shape index (κ1) is 19.6. The van der Waals surface area contributed by atoms with Crippen molar-refractivity contribution in [3.05, 3.63) is 87.0 Å². The summed E-state index contributed by atoms with van der Waals surface area (Å²) in [5, 5.41) is 14.2. The molecule has 3 aromatic heterocycles. The van der Waals surface area contributed by atoms with Crippen LogP contribution < -0.4 is 5.56 Å². The standard InChI is InChI=1S/C23H21N5O2S/c1-14-8-10-17(11-9-14)12-27-21(29)18-6-4-5-7-20(18)28-22(27)24-25-23(28)31-13-19-15(2)26-30-16(19)3/h4-11H,12-13H2,1-3H3. The highest BCUT2D eigenvalue weighted by molar-refractivity contribution is 7.98. The van der Waals surface area contributed by atoms with E-state index in [1.165, 1.54) is 5.56 Å². The van der Waals surface area contributed by atoms with Crippen molar-refractivity contribution in [2.75, 3.05) is 0 Å². The van der Waals surface area contributed by atoms with Crippen molar-refractivity contribution in [3.8, 4) is 0 Å². The summed E-state index contributed by atoms with van der Waals surface area (Å²) in [6, 6.07) is 15.8. The van der Waals surface area contributed by atoms with Gasteiger partial charge in [-0.15, -0.1) is 10.2 Å². The van der Waals surface area contributed by atoms with E-state index in [0.717, 1.165) is 33.3 Å². The molecular weight excluding hydrogens is 410 g/mol. The summed E-state index contributed by atoms with van der Waals surface area (Å²) in [5.74, 6) is 2.00. The highest BCUT2D eigenvalue weighted by Crippen LogP contribution is 2.27. The van der Waals surface area contributed by atoms with E-state index >= 15 is 0 Å². The summed E-state index contributed by atoms with van der Waals surface area (Å²) in [6.07, 6.45) is 0. The lowest BCUT2D eigenvalue weighted by molar-refractivity contribution is 0.392. The number of hydrogen-bond acceptors (Lipinski definition) is 6. The van der Waals surface area contributed by atoms with Crippen LogP contribution in [0.25, 0.3) is 16.7 Å². The Morgan fingerprint density at radius 3 is 2.52 bits per heavy atom. The molecule has 0 fully saturated rings. The number of para-hydroxylation sites is 1. The Bertz CT molecular complexity index is 1440. The first-order valence-corrected chi connectivity index (χ1v) is 11.0. The molecule has 5 aromatic rings. The molecular formula is C23H21N5O2S. The summed E-state index contributed by atoms with van der Waals surface area (Å²) in [5.41, 5.74) is 4.88. The summed E-state index contributed by atoms with van der Waals surface area (Å²) >= 11 is 1.55. The Morgan fingerprint density at radius 2 is 1.77 bits per heavy atom. The fourth-order valence-electron chi connectivity index (χ4n) is 3.69. The second-order valence-corrected chi connectivity index (χ2v) is 8.55. The number of aryl methyl sites for hydroxylation is 3. The summed E-state index contributed by atoms with van der Waals surface area (Å²) in [7, 11) is 0. The van der Waals surface area contributed by atoms with Crippen LogP contribution in [0, 0.1) is 20.8 Å². The molecule has 0 aliphatic rings. The minimum atomic E-state index is -0.0710. The molecule has 0 atom stereocenters. The molecule has 8 heteroatoms. The van der Waals surface area contributed by atoms with Crippen molar-refractivity contribution in [3.63, 3.8) is 0 Å². The molecule has 2 aromatic carbocycles. The fraction of sp³-hybridized carbons (Fsp3) is 0.217. The zero-order chi connectivity index (χ0) is 21.5. The molecule has 0 amide bonds. The fourth-order valence-corrected chi connectivity index (χ4v) is 4.78. The van der Waals surface area contributed by atoms with E-state index in [2.05, 4.69) is 15.4 Å². The second kappa shape index (κ2) is 7.70. The van der Waals surface area contributed by atoms with Crippen LogP contribution >= 0.6 is 11.8 Å². The number of nitrogens with zero attached hydrogens (tertiary/aromatic N) is 5. The van der Waals surface area contributed by atoms with Gasteiger partial charge in [-0.2, -0.15) is 0 Å². The molecule has 3 heterocycles. The predicted octanol–water partition coefficient (Wildman–Crippen LogP) is 4.30. The molecule has 0 unspecified atom stereocenters. The maximum atomic E-state index is 13.3. The van der Waals surface area contributed by atoms with Gasteiger partial charge in [0.25, 0.3) is 5.56 Å². The average molecular weight is 432 g/mol. The van der Waals surface area contributed by atoms with Crippen LogP contribution in [0.15, 0.2) is 63.0 Å². The zero-order valence-electron chi connectivity index (χ0n) is 17.5. The molecule has 0 aliphatic carbocycles. The molecule has 0 N–H and O–H groups in total. The quantitative estimate of drug-likeness (QED) is 0.386. The van der Waals surface area contributed by atoms with Gasteiger partial charge in [-0.25, -0.2) is 0 Å². The van der Waals surface area contributed by atoms with E-state index in [0.29, 0.717) is 23.5 Å². The Hall–Kier alpha value is -3.39. The molecule has 0 bridgehead atoms. The predicted molar refractivity (Wildman–Crippen MR) is 121 cm³/mol. The van der Waals surface area contributed by atoms with Crippen LogP contribution in [0.2, 0.25) is 0 Å². The highest BCUT2D eigenvalue weighted by Gasteiger charge is 2.18. The molecule has 0 saturated carbocycles. The van der Waals surface area contributed by atoms with Crippen LogP contribution in [0.5, 0.6) is 0 Å². The SMILES string of the molecule is Cc1ccc(Cn2c(=O)c3ccccc3n3c(SCc4c(C)noc4C)nnc23)cc1. The molecule has 5 rings (SSSR count). The maximum Gasteiger partial charge on any atom is 0.263 e. The zero-order valence-corrected chi connectivity index (χ0v) is 18.3. The summed E-state index contributed by atoms with van der Waals surface area (Å²) in [6.45, 7) is 6.32. The Labute approximate surface area is 182 Å². The van der Waals surface area contributed by atoms with Gasteiger partial charge < -0.3 is 4.52 Å². The highest BCUT2D eigenvalue weighted by atomic mass is 32.2. The maximum absolute atomic E-state index is 13.3. The van der Waals surface area contributed by atoms with Gasteiger partial charge in [0, 0.05) is 11.3 Å². The van der Waals surface area contributed by atoms with Crippen LogP contribution in [0.3, 0.4) is 0 Å². The third-order valence-corrected chi connectivity index (χ3v) is 6.42. The van der Waals surface area contributed by atoms with E-state index in [4.69, 9.17) is 4.52 Å². The number of hydrogen-bond donors (Lipinski definition) is 0. The lowest BCUT2D eigenvalue weighted by atomic mass is 10.1. The van der Waals surface area contributed by atoms with Crippen LogP contribution in [-0.2, 0) is 12.3 Å². The van der Waals surface area contributed by atoms with E-state index in [-0.39, 0.29) is 5.56 Å². The monoisotopic (exact) mass is 431 g/mol. The number of rotatable bonds is 5. The van der Waals surface area contributed by atoms with Gasteiger partial charge in [0.05, 0.1) is 23.1 Å². The lowest BCUT2D eigenvalue weighted by Crippen LogP contribution is -2.24. The van der Waals surface area contributed by atoms with Crippen molar-refractivity contribution in [1.29, 1.82) is 0 Å². The average Bonchev–Trinajstić information content (AvgIpc) is 3.34. The van der Waals surface area contributed by atoms with Crippen molar-refractivity contribution in [2.45, 2.75) is 38.2 Å². The lowest BCUT2D eigenvalue weighted by Gasteiger charge is -2.11. The second-order valence-electron chi connectivity index (χ2n) is 7.60.